The van der Waals surface area contributed by atoms with Gasteiger partial charge in [0.25, 0.3) is 5.91 Å². The molecule has 1 aromatic carbocycles. The summed E-state index contributed by atoms with van der Waals surface area (Å²) in [4.78, 5) is 33.1. The molecule has 0 radical (unpaired) electrons. The minimum atomic E-state index is -0.374. The molecule has 0 fully saturated rings. The van der Waals surface area contributed by atoms with Gasteiger partial charge in [0.15, 0.2) is 0 Å². The number of nitrogens with zero attached hydrogens (tertiary/aromatic N) is 1. The SMILES string of the molecule is CCOC(=O)c1c(NC(=O)c2cc(-c3ccc(Cl)s3)nc3ccccc23)sc2c1CCCC2. The van der Waals surface area contributed by atoms with Gasteiger partial charge in [-0.3, -0.25) is 4.79 Å². The number of hydrogen-bond donors (Lipinski definition) is 1. The summed E-state index contributed by atoms with van der Waals surface area (Å²) >= 11 is 9.03. The van der Waals surface area contributed by atoms with E-state index < -0.39 is 0 Å². The van der Waals surface area contributed by atoms with Gasteiger partial charge in [0.1, 0.15) is 5.00 Å². The largest absolute Gasteiger partial charge is 0.462 e. The molecule has 0 unspecified atom stereocenters. The molecule has 1 N–H and O–H groups in total. The Labute approximate surface area is 204 Å². The number of amides is 1. The predicted molar refractivity (Wildman–Crippen MR) is 135 cm³/mol. The lowest BCUT2D eigenvalue weighted by atomic mass is 9.95. The van der Waals surface area contributed by atoms with Gasteiger partial charge in [-0.25, -0.2) is 9.78 Å². The Morgan fingerprint density at radius 3 is 2.73 bits per heavy atom. The van der Waals surface area contributed by atoms with Crippen molar-refractivity contribution in [2.75, 3.05) is 11.9 Å². The summed E-state index contributed by atoms with van der Waals surface area (Å²) in [6.45, 7) is 2.08. The van der Waals surface area contributed by atoms with E-state index in [1.54, 1.807) is 13.0 Å². The Balaban J connectivity index is 1.58. The maximum absolute atomic E-state index is 13.6. The Bertz CT molecular complexity index is 1380. The van der Waals surface area contributed by atoms with E-state index in [1.165, 1.54) is 22.7 Å². The number of para-hydroxylation sites is 1. The highest BCUT2D eigenvalue weighted by Crippen LogP contribution is 2.39. The van der Waals surface area contributed by atoms with Crippen LogP contribution in [0.25, 0.3) is 21.5 Å². The van der Waals surface area contributed by atoms with E-state index >= 15 is 0 Å². The third-order valence-corrected chi connectivity index (χ3v) is 8.13. The summed E-state index contributed by atoms with van der Waals surface area (Å²) in [6.07, 6.45) is 3.87. The Kier molecular flexibility index (Phi) is 6.19. The van der Waals surface area contributed by atoms with Gasteiger partial charge in [-0.15, -0.1) is 22.7 Å². The number of halogens is 1. The van der Waals surface area contributed by atoms with Crippen molar-refractivity contribution in [3.63, 3.8) is 0 Å². The van der Waals surface area contributed by atoms with Gasteiger partial charge >= 0.3 is 5.97 Å². The first-order valence-corrected chi connectivity index (χ1v) is 12.8. The van der Waals surface area contributed by atoms with Crippen LogP contribution in [0.5, 0.6) is 0 Å². The van der Waals surface area contributed by atoms with Crippen LogP contribution >= 0.6 is 34.3 Å². The molecule has 5 nitrogen and oxygen atoms in total. The lowest BCUT2D eigenvalue weighted by molar-refractivity contribution is 0.0526. The highest BCUT2D eigenvalue weighted by Gasteiger charge is 2.28. The molecule has 3 aromatic heterocycles. The normalized spacial score (nSPS) is 13.0. The van der Waals surface area contributed by atoms with Crippen LogP contribution in [0.3, 0.4) is 0 Å². The topological polar surface area (TPSA) is 68.3 Å². The number of esters is 1. The number of ether oxygens (including phenoxy) is 1. The summed E-state index contributed by atoms with van der Waals surface area (Å²) in [5.74, 6) is -0.651. The van der Waals surface area contributed by atoms with Crippen molar-refractivity contribution >= 4 is 62.1 Å². The summed E-state index contributed by atoms with van der Waals surface area (Å²) in [7, 11) is 0. The molecule has 168 valence electrons. The van der Waals surface area contributed by atoms with E-state index in [4.69, 9.17) is 21.3 Å². The van der Waals surface area contributed by atoms with Crippen molar-refractivity contribution < 1.29 is 14.3 Å². The molecule has 0 aliphatic heterocycles. The fourth-order valence-corrected chi connectivity index (χ4v) is 6.46. The summed E-state index contributed by atoms with van der Waals surface area (Å²) in [5, 5.41) is 4.34. The van der Waals surface area contributed by atoms with Crippen LogP contribution in [0.15, 0.2) is 42.5 Å². The van der Waals surface area contributed by atoms with E-state index in [1.807, 2.05) is 36.4 Å². The lowest BCUT2D eigenvalue weighted by Crippen LogP contribution is -2.16. The molecule has 0 spiro atoms. The Morgan fingerprint density at radius 2 is 1.94 bits per heavy atom. The number of fused-ring (bicyclic) bond motifs is 2. The van der Waals surface area contributed by atoms with Crippen molar-refractivity contribution in [1.82, 2.24) is 4.98 Å². The molecule has 0 atom stereocenters. The van der Waals surface area contributed by atoms with Crippen LogP contribution in [-0.4, -0.2) is 23.5 Å². The number of carbonyl (C=O) groups excluding carboxylic acids is 2. The molecule has 0 bridgehead atoms. The van der Waals surface area contributed by atoms with Crippen molar-refractivity contribution in [3.8, 4) is 10.6 Å². The van der Waals surface area contributed by atoms with Crippen LogP contribution in [0.1, 0.15) is 50.9 Å². The Hall–Kier alpha value is -2.74. The molecule has 0 saturated carbocycles. The summed E-state index contributed by atoms with van der Waals surface area (Å²) in [6, 6.07) is 13.1. The van der Waals surface area contributed by atoms with Gasteiger partial charge in [-0.05, 0) is 62.4 Å². The van der Waals surface area contributed by atoms with E-state index in [0.717, 1.165) is 51.9 Å². The maximum Gasteiger partial charge on any atom is 0.341 e. The monoisotopic (exact) mass is 496 g/mol. The highest BCUT2D eigenvalue weighted by atomic mass is 35.5. The van der Waals surface area contributed by atoms with Crippen molar-refractivity contribution in [3.05, 3.63) is 68.4 Å². The number of rotatable bonds is 5. The molecule has 1 aliphatic rings. The van der Waals surface area contributed by atoms with Crippen LogP contribution in [0.4, 0.5) is 5.00 Å². The van der Waals surface area contributed by atoms with Gasteiger partial charge in [0.2, 0.25) is 0 Å². The molecule has 1 amide bonds. The molecular weight excluding hydrogens is 476 g/mol. The van der Waals surface area contributed by atoms with Crippen molar-refractivity contribution in [1.29, 1.82) is 0 Å². The van der Waals surface area contributed by atoms with Crippen molar-refractivity contribution in [2.45, 2.75) is 32.6 Å². The molecule has 3 heterocycles. The number of thiophene rings is 2. The first-order chi connectivity index (χ1) is 16.0. The smallest absolute Gasteiger partial charge is 0.341 e. The van der Waals surface area contributed by atoms with Gasteiger partial charge in [-0.1, -0.05) is 29.8 Å². The van der Waals surface area contributed by atoms with Crippen LogP contribution in [-0.2, 0) is 17.6 Å². The first-order valence-electron chi connectivity index (χ1n) is 10.8. The first kappa shape index (κ1) is 22.1. The average Bonchev–Trinajstić information content (AvgIpc) is 3.41. The maximum atomic E-state index is 13.6. The number of benzene rings is 1. The molecule has 33 heavy (non-hydrogen) atoms. The second-order valence-corrected chi connectivity index (χ2v) is 10.6. The zero-order valence-corrected chi connectivity index (χ0v) is 20.3. The van der Waals surface area contributed by atoms with E-state index in [0.29, 0.717) is 32.8 Å². The van der Waals surface area contributed by atoms with Gasteiger partial charge in [-0.2, -0.15) is 0 Å². The third-order valence-electron chi connectivity index (χ3n) is 5.66. The van der Waals surface area contributed by atoms with Crippen LogP contribution in [0.2, 0.25) is 4.34 Å². The quantitative estimate of drug-likeness (QED) is 0.302. The van der Waals surface area contributed by atoms with E-state index in [-0.39, 0.29) is 11.9 Å². The number of anilines is 1. The van der Waals surface area contributed by atoms with Gasteiger partial charge < -0.3 is 10.1 Å². The van der Waals surface area contributed by atoms with Crippen LogP contribution < -0.4 is 5.32 Å². The number of nitrogens with one attached hydrogen (secondary N) is 1. The van der Waals surface area contributed by atoms with Gasteiger partial charge in [0.05, 0.1) is 38.2 Å². The van der Waals surface area contributed by atoms with Crippen LogP contribution in [0, 0.1) is 0 Å². The minimum absolute atomic E-state index is 0.276. The second kappa shape index (κ2) is 9.25. The standard InChI is InChI=1S/C25H21ClN2O3S2/c1-2-31-25(30)22-15-8-4-6-10-19(15)33-24(22)28-23(29)16-13-18(20-11-12-21(26)32-20)27-17-9-5-3-7-14(16)17/h3,5,7,9,11-13H,2,4,6,8,10H2,1H3,(H,28,29). The lowest BCUT2D eigenvalue weighted by Gasteiger charge is -2.13. The fourth-order valence-electron chi connectivity index (χ4n) is 4.19. The number of aromatic nitrogens is 1. The molecule has 0 saturated heterocycles. The summed E-state index contributed by atoms with van der Waals surface area (Å²) < 4.78 is 5.99. The average molecular weight is 497 g/mol. The number of pyridine rings is 1. The Morgan fingerprint density at radius 1 is 1.12 bits per heavy atom. The summed E-state index contributed by atoms with van der Waals surface area (Å²) in [5.41, 5.74) is 3.44. The number of aryl methyl sites for hydroxylation is 1. The molecule has 8 heteroatoms. The number of hydrogen-bond acceptors (Lipinski definition) is 6. The number of carbonyl (C=O) groups is 2. The van der Waals surface area contributed by atoms with E-state index in [9.17, 15) is 9.59 Å². The highest BCUT2D eigenvalue weighted by molar-refractivity contribution is 7.19. The van der Waals surface area contributed by atoms with E-state index in [2.05, 4.69) is 5.32 Å². The third kappa shape index (κ3) is 4.28. The molecule has 4 aromatic rings. The zero-order valence-electron chi connectivity index (χ0n) is 17.9. The molecule has 1 aliphatic carbocycles. The zero-order chi connectivity index (χ0) is 22.9. The second-order valence-electron chi connectivity index (χ2n) is 7.77. The molecule has 5 rings (SSSR count). The minimum Gasteiger partial charge on any atom is -0.462 e. The van der Waals surface area contributed by atoms with Gasteiger partial charge in [0, 0.05) is 10.3 Å². The molecular formula is C25H21ClN2O3S2. The predicted octanol–water partition coefficient (Wildman–Crippen LogP) is 6.99. The fraction of sp³-hybridized carbons (Fsp3) is 0.240. The van der Waals surface area contributed by atoms with Crippen molar-refractivity contribution in [2.24, 2.45) is 0 Å².